The third-order valence-electron chi connectivity index (χ3n) is 4.73. The molecular formula is C21H38O4. The topological polar surface area (TPSA) is 74.6 Å². The molecule has 0 rings (SSSR count). The van der Waals surface area contributed by atoms with Gasteiger partial charge in [-0.25, -0.2) is 0 Å². The van der Waals surface area contributed by atoms with Gasteiger partial charge in [-0.2, -0.15) is 0 Å². The van der Waals surface area contributed by atoms with E-state index in [9.17, 15) is 9.59 Å². The van der Waals surface area contributed by atoms with E-state index in [4.69, 9.17) is 10.2 Å². The third-order valence-corrected chi connectivity index (χ3v) is 4.73. The summed E-state index contributed by atoms with van der Waals surface area (Å²) >= 11 is 0. The normalized spacial score (nSPS) is 15.0. The van der Waals surface area contributed by atoms with Crippen molar-refractivity contribution in [2.45, 2.75) is 85.5 Å². The lowest BCUT2D eigenvalue weighted by Gasteiger charge is -2.19. The highest BCUT2D eigenvalue weighted by Gasteiger charge is 2.28. The molecule has 2 unspecified atom stereocenters. The Bertz CT molecular complexity index is 416. The molecule has 0 aliphatic heterocycles. The highest BCUT2D eigenvalue weighted by Crippen LogP contribution is 2.26. The van der Waals surface area contributed by atoms with E-state index in [0.717, 1.165) is 32.1 Å². The van der Waals surface area contributed by atoms with Gasteiger partial charge in [-0.3, -0.25) is 9.59 Å². The molecule has 2 N–H and O–H groups in total. The van der Waals surface area contributed by atoms with E-state index in [1.165, 1.54) is 18.9 Å². The molecule has 0 aromatic heterocycles. The molecule has 4 heteroatoms. The van der Waals surface area contributed by atoms with E-state index in [0.29, 0.717) is 12.8 Å². The smallest absolute Gasteiger partial charge is 0.313 e. The number of carboxylic acid groups (broad SMARTS) is 2. The second kappa shape index (κ2) is 13.7. The number of rotatable bonds is 13. The van der Waals surface area contributed by atoms with Crippen LogP contribution in [0.1, 0.15) is 85.5 Å². The summed E-state index contributed by atoms with van der Waals surface area (Å²) in [6.07, 6.45) is 12.1. The molecule has 0 saturated heterocycles. The molecule has 0 aliphatic carbocycles. The van der Waals surface area contributed by atoms with Crippen molar-refractivity contribution in [3.05, 3.63) is 25.3 Å². The Hall–Kier alpha value is -1.58. The van der Waals surface area contributed by atoms with Gasteiger partial charge in [0.1, 0.15) is 0 Å². The van der Waals surface area contributed by atoms with Crippen molar-refractivity contribution in [1.82, 2.24) is 0 Å². The summed E-state index contributed by atoms with van der Waals surface area (Å²) in [4.78, 5) is 21.6. The zero-order chi connectivity index (χ0) is 19.9. The Morgan fingerprint density at radius 1 is 0.760 bits per heavy atom. The summed E-state index contributed by atoms with van der Waals surface area (Å²) in [5, 5.41) is 17.8. The molecule has 0 aromatic rings. The number of hydrogen-bond acceptors (Lipinski definition) is 2. The maximum absolute atomic E-state index is 10.8. The lowest BCUT2D eigenvalue weighted by atomic mass is 9.85. The van der Waals surface area contributed by atoms with E-state index in [-0.39, 0.29) is 0 Å². The van der Waals surface area contributed by atoms with Gasteiger partial charge in [0.05, 0.1) is 10.8 Å². The van der Waals surface area contributed by atoms with Crippen molar-refractivity contribution >= 4 is 11.9 Å². The first-order valence-electron chi connectivity index (χ1n) is 9.37. The zero-order valence-corrected chi connectivity index (χ0v) is 16.6. The van der Waals surface area contributed by atoms with Crippen molar-refractivity contribution in [1.29, 1.82) is 0 Å². The molecule has 0 aliphatic rings. The minimum atomic E-state index is -0.770. The summed E-state index contributed by atoms with van der Waals surface area (Å²) in [5.74, 6) is -1.53. The van der Waals surface area contributed by atoms with Crippen LogP contribution in [0.25, 0.3) is 0 Å². The zero-order valence-electron chi connectivity index (χ0n) is 16.6. The van der Waals surface area contributed by atoms with Gasteiger partial charge in [0.25, 0.3) is 0 Å². The van der Waals surface area contributed by atoms with Gasteiger partial charge in [-0.1, -0.05) is 70.9 Å². The molecule has 0 fully saturated rings. The Morgan fingerprint density at radius 2 is 1.08 bits per heavy atom. The number of unbranched alkanes of at least 4 members (excludes halogenated alkanes) is 5. The SMILES string of the molecule is C=CC(C)(CCCCC)C(=O)O.C=CC(C)(CCCCCC)C(=O)O. The maximum atomic E-state index is 10.8. The molecule has 25 heavy (non-hydrogen) atoms. The van der Waals surface area contributed by atoms with Gasteiger partial charge in [0.2, 0.25) is 0 Å². The standard InChI is InChI=1S/C11H20O2.C10H18O2/c1-4-6-7-8-9-11(3,5-2)10(12)13;1-4-6-7-8-10(3,5-2)9(11)12/h5H,2,4,6-9H2,1,3H3,(H,12,13);5H,2,4,6-8H2,1,3H3,(H,11,12). The summed E-state index contributed by atoms with van der Waals surface area (Å²) in [5.41, 5.74) is -1.46. The first kappa shape index (κ1) is 25.7. The summed E-state index contributed by atoms with van der Waals surface area (Å²) in [6.45, 7) is 14.8. The molecule has 0 aromatic carbocycles. The maximum Gasteiger partial charge on any atom is 0.313 e. The fraction of sp³-hybridized carbons (Fsp3) is 0.714. The monoisotopic (exact) mass is 354 g/mol. The molecule has 0 saturated carbocycles. The Kier molecular flexibility index (Phi) is 14.0. The van der Waals surface area contributed by atoms with Crippen molar-refractivity contribution < 1.29 is 19.8 Å². The number of carboxylic acids is 2. The number of carbonyl (C=O) groups is 2. The summed E-state index contributed by atoms with van der Waals surface area (Å²) < 4.78 is 0. The molecule has 0 radical (unpaired) electrons. The predicted octanol–water partition coefficient (Wildman–Crippen LogP) is 6.08. The lowest BCUT2D eigenvalue weighted by Crippen LogP contribution is -2.24. The van der Waals surface area contributed by atoms with Crippen LogP contribution in [0.15, 0.2) is 25.3 Å². The lowest BCUT2D eigenvalue weighted by molar-refractivity contribution is -0.146. The van der Waals surface area contributed by atoms with Gasteiger partial charge in [0.15, 0.2) is 0 Å². The van der Waals surface area contributed by atoms with Crippen LogP contribution >= 0.6 is 0 Å². The average molecular weight is 355 g/mol. The van der Waals surface area contributed by atoms with Gasteiger partial charge in [-0.15, -0.1) is 13.2 Å². The molecule has 0 amide bonds. The highest BCUT2D eigenvalue weighted by atomic mass is 16.4. The minimum absolute atomic E-state index is 0.694. The second-order valence-electron chi connectivity index (χ2n) is 7.12. The van der Waals surface area contributed by atoms with Crippen LogP contribution in [0.3, 0.4) is 0 Å². The van der Waals surface area contributed by atoms with E-state index >= 15 is 0 Å². The molecule has 0 spiro atoms. The average Bonchev–Trinajstić information content (AvgIpc) is 2.58. The van der Waals surface area contributed by atoms with E-state index in [1.54, 1.807) is 19.9 Å². The molecular weight excluding hydrogens is 316 g/mol. The quantitative estimate of drug-likeness (QED) is 0.310. The van der Waals surface area contributed by atoms with E-state index in [1.807, 2.05) is 0 Å². The van der Waals surface area contributed by atoms with Crippen LogP contribution in [0.4, 0.5) is 0 Å². The van der Waals surface area contributed by atoms with Gasteiger partial charge >= 0.3 is 11.9 Å². The van der Waals surface area contributed by atoms with Crippen LogP contribution in [0.2, 0.25) is 0 Å². The van der Waals surface area contributed by atoms with Crippen molar-refractivity contribution in [2.75, 3.05) is 0 Å². The minimum Gasteiger partial charge on any atom is -0.481 e. The fourth-order valence-electron chi connectivity index (χ4n) is 2.25. The van der Waals surface area contributed by atoms with E-state index in [2.05, 4.69) is 27.0 Å². The van der Waals surface area contributed by atoms with Crippen LogP contribution in [-0.2, 0) is 9.59 Å². The Balaban J connectivity index is 0. The van der Waals surface area contributed by atoms with Crippen molar-refractivity contribution in [3.8, 4) is 0 Å². The third kappa shape index (κ3) is 10.8. The second-order valence-corrected chi connectivity index (χ2v) is 7.12. The molecule has 4 nitrogen and oxygen atoms in total. The van der Waals surface area contributed by atoms with Crippen LogP contribution in [-0.4, -0.2) is 22.2 Å². The van der Waals surface area contributed by atoms with Crippen LogP contribution in [0.5, 0.6) is 0 Å². The first-order valence-corrected chi connectivity index (χ1v) is 9.37. The molecule has 2 atom stereocenters. The predicted molar refractivity (Wildman–Crippen MR) is 105 cm³/mol. The van der Waals surface area contributed by atoms with Crippen molar-refractivity contribution in [2.24, 2.45) is 10.8 Å². The summed E-state index contributed by atoms with van der Waals surface area (Å²) in [7, 11) is 0. The van der Waals surface area contributed by atoms with Crippen molar-refractivity contribution in [3.63, 3.8) is 0 Å². The van der Waals surface area contributed by atoms with Gasteiger partial charge in [0, 0.05) is 0 Å². The van der Waals surface area contributed by atoms with Gasteiger partial charge in [-0.05, 0) is 26.7 Å². The molecule has 0 bridgehead atoms. The van der Waals surface area contributed by atoms with Gasteiger partial charge < -0.3 is 10.2 Å². The van der Waals surface area contributed by atoms with E-state index < -0.39 is 22.8 Å². The Labute approximate surface area is 154 Å². The summed E-state index contributed by atoms with van der Waals surface area (Å²) in [6, 6.07) is 0. The Morgan fingerprint density at radius 3 is 1.36 bits per heavy atom. The molecule has 146 valence electrons. The number of aliphatic carboxylic acids is 2. The highest BCUT2D eigenvalue weighted by molar-refractivity contribution is 5.76. The van der Waals surface area contributed by atoms with Crippen LogP contribution in [0, 0.1) is 10.8 Å². The fourth-order valence-corrected chi connectivity index (χ4v) is 2.25. The molecule has 0 heterocycles. The number of hydrogen-bond donors (Lipinski definition) is 2. The first-order chi connectivity index (χ1) is 11.6. The largest absolute Gasteiger partial charge is 0.481 e. The van der Waals surface area contributed by atoms with Crippen LogP contribution < -0.4 is 0 Å².